The molecule has 1 aromatic carbocycles. The maximum Gasteiger partial charge on any atom is 0.261 e. The molecule has 1 N–H and O–H groups in total. The quantitative estimate of drug-likeness (QED) is 0.561. The van der Waals surface area contributed by atoms with E-state index in [1.165, 1.54) is 4.90 Å². The molecular formula is C17H23NO3. The van der Waals surface area contributed by atoms with Crippen molar-refractivity contribution in [3.63, 3.8) is 0 Å². The summed E-state index contributed by atoms with van der Waals surface area (Å²) in [6, 6.07) is 7.02. The lowest BCUT2D eigenvalue weighted by molar-refractivity contribution is 0.0651. The molecule has 0 aliphatic carbocycles. The molecule has 4 nitrogen and oxygen atoms in total. The molecule has 1 aliphatic rings. The average molecular weight is 289 g/mol. The Morgan fingerprint density at radius 1 is 0.762 bits per heavy atom. The van der Waals surface area contributed by atoms with Crippen LogP contribution in [-0.4, -0.2) is 35.0 Å². The van der Waals surface area contributed by atoms with Crippen LogP contribution < -0.4 is 0 Å². The number of hydrogen-bond donors (Lipinski definition) is 1. The van der Waals surface area contributed by atoms with Crippen molar-refractivity contribution < 1.29 is 14.7 Å². The van der Waals surface area contributed by atoms with Crippen LogP contribution in [0.1, 0.15) is 65.7 Å². The fourth-order valence-electron chi connectivity index (χ4n) is 2.71. The third-order valence-corrected chi connectivity index (χ3v) is 3.92. The summed E-state index contributed by atoms with van der Waals surface area (Å²) < 4.78 is 0. The van der Waals surface area contributed by atoms with Gasteiger partial charge in [-0.3, -0.25) is 14.5 Å². The number of carbonyl (C=O) groups is 2. The second-order valence-electron chi connectivity index (χ2n) is 5.51. The fraction of sp³-hybridized carbons (Fsp3) is 0.529. The molecule has 1 aliphatic heterocycles. The lowest BCUT2D eigenvalue weighted by atomic mass is 10.1. The summed E-state index contributed by atoms with van der Waals surface area (Å²) >= 11 is 0. The molecule has 0 atom stereocenters. The Labute approximate surface area is 125 Å². The number of aliphatic hydroxyl groups excluding tert-OH is 1. The van der Waals surface area contributed by atoms with E-state index in [4.69, 9.17) is 5.11 Å². The van der Waals surface area contributed by atoms with Gasteiger partial charge in [0.1, 0.15) is 0 Å². The zero-order chi connectivity index (χ0) is 15.1. The lowest BCUT2D eigenvalue weighted by Crippen LogP contribution is -2.30. The Kier molecular flexibility index (Phi) is 5.93. The SMILES string of the molecule is O=C1c2ccccc2C(=O)N1CCCCCCCCCO. The maximum atomic E-state index is 12.1. The zero-order valence-corrected chi connectivity index (χ0v) is 12.4. The standard InChI is InChI=1S/C17H23NO3/c19-13-9-5-3-1-2-4-8-12-18-16(20)14-10-6-7-11-15(14)17(18)21/h6-7,10-11,19H,1-5,8-9,12-13H2. The van der Waals surface area contributed by atoms with E-state index < -0.39 is 0 Å². The fourth-order valence-corrected chi connectivity index (χ4v) is 2.71. The van der Waals surface area contributed by atoms with E-state index in [-0.39, 0.29) is 18.4 Å². The summed E-state index contributed by atoms with van der Waals surface area (Å²) in [7, 11) is 0. The van der Waals surface area contributed by atoms with Crippen molar-refractivity contribution in [3.8, 4) is 0 Å². The van der Waals surface area contributed by atoms with Gasteiger partial charge in [-0.15, -0.1) is 0 Å². The van der Waals surface area contributed by atoms with Crippen LogP contribution in [0.3, 0.4) is 0 Å². The van der Waals surface area contributed by atoms with Crippen molar-refractivity contribution in [2.75, 3.05) is 13.2 Å². The predicted molar refractivity (Wildman–Crippen MR) is 81.2 cm³/mol. The van der Waals surface area contributed by atoms with Gasteiger partial charge in [-0.25, -0.2) is 0 Å². The van der Waals surface area contributed by atoms with Crippen LogP contribution in [0, 0.1) is 0 Å². The van der Waals surface area contributed by atoms with Crippen molar-refractivity contribution in [1.82, 2.24) is 4.90 Å². The molecule has 0 bridgehead atoms. The molecule has 0 unspecified atom stereocenters. The summed E-state index contributed by atoms with van der Waals surface area (Å²) in [5, 5.41) is 8.68. The van der Waals surface area contributed by atoms with Gasteiger partial charge in [0.2, 0.25) is 0 Å². The maximum absolute atomic E-state index is 12.1. The van der Waals surface area contributed by atoms with Gasteiger partial charge in [0.25, 0.3) is 11.8 Å². The summed E-state index contributed by atoms with van der Waals surface area (Å²) in [4.78, 5) is 25.6. The molecule has 21 heavy (non-hydrogen) atoms. The van der Waals surface area contributed by atoms with Gasteiger partial charge in [0.15, 0.2) is 0 Å². The van der Waals surface area contributed by atoms with Crippen molar-refractivity contribution in [2.45, 2.75) is 44.9 Å². The normalized spacial score (nSPS) is 13.9. The third kappa shape index (κ3) is 3.91. The van der Waals surface area contributed by atoms with E-state index in [0.29, 0.717) is 17.7 Å². The third-order valence-electron chi connectivity index (χ3n) is 3.92. The first-order valence-electron chi connectivity index (χ1n) is 7.82. The summed E-state index contributed by atoms with van der Waals surface area (Å²) in [5.41, 5.74) is 1.07. The Hall–Kier alpha value is -1.68. The molecule has 0 saturated carbocycles. The van der Waals surface area contributed by atoms with E-state index in [0.717, 1.165) is 44.9 Å². The number of fused-ring (bicyclic) bond motifs is 1. The molecule has 0 fully saturated rings. The summed E-state index contributed by atoms with van der Waals surface area (Å²) in [6.45, 7) is 0.794. The van der Waals surface area contributed by atoms with Gasteiger partial charge < -0.3 is 5.11 Å². The predicted octanol–water partition coefficient (Wildman–Crippen LogP) is 3.01. The number of imide groups is 1. The minimum Gasteiger partial charge on any atom is -0.396 e. The van der Waals surface area contributed by atoms with Crippen LogP contribution in [0.15, 0.2) is 24.3 Å². The number of nitrogens with zero attached hydrogens (tertiary/aromatic N) is 1. The molecule has 1 aromatic rings. The molecular weight excluding hydrogens is 266 g/mol. The second kappa shape index (κ2) is 7.93. The molecule has 1 heterocycles. The van der Waals surface area contributed by atoms with Gasteiger partial charge in [0.05, 0.1) is 11.1 Å². The first kappa shape index (κ1) is 15.7. The molecule has 2 amide bonds. The molecule has 0 radical (unpaired) electrons. The highest BCUT2D eigenvalue weighted by atomic mass is 16.3. The highest BCUT2D eigenvalue weighted by molar-refractivity contribution is 6.21. The Bertz CT molecular complexity index is 464. The number of carbonyl (C=O) groups excluding carboxylic acids is 2. The van der Waals surface area contributed by atoms with E-state index in [1.54, 1.807) is 24.3 Å². The van der Waals surface area contributed by atoms with Gasteiger partial charge in [-0.05, 0) is 25.0 Å². The van der Waals surface area contributed by atoms with Crippen LogP contribution >= 0.6 is 0 Å². The van der Waals surface area contributed by atoms with E-state index in [2.05, 4.69) is 0 Å². The van der Waals surface area contributed by atoms with Crippen LogP contribution in [0.25, 0.3) is 0 Å². The molecule has 0 spiro atoms. The average Bonchev–Trinajstić information content (AvgIpc) is 2.75. The largest absolute Gasteiger partial charge is 0.396 e. The minimum atomic E-state index is -0.154. The van der Waals surface area contributed by atoms with Gasteiger partial charge in [0, 0.05) is 13.2 Å². The zero-order valence-electron chi connectivity index (χ0n) is 12.4. The number of aliphatic hydroxyl groups is 1. The number of benzene rings is 1. The molecule has 4 heteroatoms. The highest BCUT2D eigenvalue weighted by Crippen LogP contribution is 2.22. The Morgan fingerprint density at radius 2 is 1.24 bits per heavy atom. The highest BCUT2D eigenvalue weighted by Gasteiger charge is 2.34. The smallest absolute Gasteiger partial charge is 0.261 e. The van der Waals surface area contributed by atoms with Crippen LogP contribution in [0.5, 0.6) is 0 Å². The van der Waals surface area contributed by atoms with Crippen molar-refractivity contribution in [3.05, 3.63) is 35.4 Å². The Morgan fingerprint density at radius 3 is 1.76 bits per heavy atom. The van der Waals surface area contributed by atoms with Crippen LogP contribution in [0.4, 0.5) is 0 Å². The summed E-state index contributed by atoms with van der Waals surface area (Å²) in [5.74, 6) is -0.308. The van der Waals surface area contributed by atoms with Gasteiger partial charge in [-0.1, -0.05) is 44.2 Å². The number of unbranched alkanes of at least 4 members (excludes halogenated alkanes) is 6. The van der Waals surface area contributed by atoms with E-state index in [1.807, 2.05) is 0 Å². The second-order valence-corrected chi connectivity index (χ2v) is 5.51. The number of rotatable bonds is 9. The van der Waals surface area contributed by atoms with Crippen LogP contribution in [0.2, 0.25) is 0 Å². The van der Waals surface area contributed by atoms with Crippen molar-refractivity contribution in [1.29, 1.82) is 0 Å². The van der Waals surface area contributed by atoms with Gasteiger partial charge in [-0.2, -0.15) is 0 Å². The van der Waals surface area contributed by atoms with E-state index in [9.17, 15) is 9.59 Å². The molecule has 2 rings (SSSR count). The molecule has 114 valence electrons. The van der Waals surface area contributed by atoms with Crippen molar-refractivity contribution >= 4 is 11.8 Å². The topological polar surface area (TPSA) is 57.6 Å². The van der Waals surface area contributed by atoms with E-state index >= 15 is 0 Å². The van der Waals surface area contributed by atoms with Crippen LogP contribution in [-0.2, 0) is 0 Å². The molecule has 0 aromatic heterocycles. The lowest BCUT2D eigenvalue weighted by Gasteiger charge is -2.13. The molecule has 0 saturated heterocycles. The minimum absolute atomic E-state index is 0.154. The van der Waals surface area contributed by atoms with Crippen molar-refractivity contribution in [2.24, 2.45) is 0 Å². The number of amides is 2. The Balaban J connectivity index is 1.69. The van der Waals surface area contributed by atoms with Gasteiger partial charge >= 0.3 is 0 Å². The first-order valence-corrected chi connectivity index (χ1v) is 7.82. The first-order chi connectivity index (χ1) is 10.3. The summed E-state index contributed by atoms with van der Waals surface area (Å²) in [6.07, 6.45) is 7.28. The number of hydrogen-bond acceptors (Lipinski definition) is 3. The monoisotopic (exact) mass is 289 g/mol.